The molecule has 2 heterocycles. The van der Waals surface area contributed by atoms with E-state index in [0.717, 1.165) is 18.9 Å². The quantitative estimate of drug-likeness (QED) is 0.774. The second-order valence-corrected chi connectivity index (χ2v) is 4.30. The monoisotopic (exact) mass is 222 g/mol. The molecule has 1 saturated heterocycles. The van der Waals surface area contributed by atoms with E-state index in [-0.39, 0.29) is 5.56 Å². The molecule has 2 rings (SSSR count). The van der Waals surface area contributed by atoms with Crippen molar-refractivity contribution in [3.05, 3.63) is 22.7 Å². The Labute approximate surface area is 94.9 Å². The fourth-order valence-electron chi connectivity index (χ4n) is 2.07. The molecular formula is C11H18N4O. The number of nitrogens with one attached hydrogen (secondary N) is 2. The van der Waals surface area contributed by atoms with Gasteiger partial charge in [0.05, 0.1) is 6.33 Å². The zero-order valence-corrected chi connectivity index (χ0v) is 9.57. The normalized spacial score (nSPS) is 20.7. The molecule has 0 spiro atoms. The lowest BCUT2D eigenvalue weighted by Gasteiger charge is -2.28. The van der Waals surface area contributed by atoms with Gasteiger partial charge in [0, 0.05) is 25.7 Å². The fourth-order valence-corrected chi connectivity index (χ4v) is 2.07. The highest BCUT2D eigenvalue weighted by atomic mass is 16.1. The Balaban J connectivity index is 1.96. The van der Waals surface area contributed by atoms with Gasteiger partial charge < -0.3 is 15.2 Å². The van der Waals surface area contributed by atoms with Gasteiger partial charge in [-0.2, -0.15) is 0 Å². The van der Waals surface area contributed by atoms with Crippen molar-refractivity contribution in [2.24, 2.45) is 0 Å². The van der Waals surface area contributed by atoms with Gasteiger partial charge in [0.1, 0.15) is 5.82 Å². The number of aromatic nitrogens is 2. The second kappa shape index (κ2) is 5.12. The standard InChI is InChI=1S/C11H18N4O/c1-15(7-9-4-2-3-5-12-9)10-6-11(16)14-8-13-10/h6,8-9,12H,2-5,7H2,1H3,(H,13,14,16). The first-order valence-electron chi connectivity index (χ1n) is 5.75. The van der Waals surface area contributed by atoms with Gasteiger partial charge in [0.2, 0.25) is 0 Å². The molecule has 0 saturated carbocycles. The lowest BCUT2D eigenvalue weighted by molar-refractivity contribution is 0.403. The Bertz CT molecular complexity index is 384. The minimum Gasteiger partial charge on any atom is -0.358 e. The molecule has 5 nitrogen and oxygen atoms in total. The summed E-state index contributed by atoms with van der Waals surface area (Å²) in [5, 5.41) is 3.48. The summed E-state index contributed by atoms with van der Waals surface area (Å²) in [6, 6.07) is 2.04. The van der Waals surface area contributed by atoms with Crippen LogP contribution in [0.2, 0.25) is 0 Å². The number of H-pyrrole nitrogens is 1. The molecule has 0 aromatic carbocycles. The van der Waals surface area contributed by atoms with Gasteiger partial charge in [-0.1, -0.05) is 6.42 Å². The number of likely N-dealkylation sites (N-methyl/N-ethyl adjacent to an activating group) is 1. The maximum Gasteiger partial charge on any atom is 0.252 e. The van der Waals surface area contributed by atoms with Gasteiger partial charge in [-0.15, -0.1) is 0 Å². The molecule has 1 aromatic heterocycles. The first kappa shape index (κ1) is 11.1. The topological polar surface area (TPSA) is 61.0 Å². The summed E-state index contributed by atoms with van der Waals surface area (Å²) in [5.41, 5.74) is -0.103. The van der Waals surface area contributed by atoms with Gasteiger partial charge in [0.25, 0.3) is 5.56 Å². The van der Waals surface area contributed by atoms with Crippen molar-refractivity contribution in [3.63, 3.8) is 0 Å². The third-order valence-electron chi connectivity index (χ3n) is 2.96. The number of anilines is 1. The smallest absolute Gasteiger partial charge is 0.252 e. The van der Waals surface area contributed by atoms with Crippen molar-refractivity contribution in [1.82, 2.24) is 15.3 Å². The molecule has 5 heteroatoms. The van der Waals surface area contributed by atoms with E-state index in [9.17, 15) is 4.79 Å². The zero-order valence-electron chi connectivity index (χ0n) is 9.57. The van der Waals surface area contributed by atoms with Crippen LogP contribution in [0, 0.1) is 0 Å². The summed E-state index contributed by atoms with van der Waals surface area (Å²) in [5.74, 6) is 0.733. The number of piperidine rings is 1. The number of nitrogens with zero attached hydrogens (tertiary/aromatic N) is 2. The highest BCUT2D eigenvalue weighted by molar-refractivity contribution is 5.35. The van der Waals surface area contributed by atoms with E-state index in [0.29, 0.717) is 6.04 Å². The maximum atomic E-state index is 11.1. The molecular weight excluding hydrogens is 204 g/mol. The summed E-state index contributed by atoms with van der Waals surface area (Å²) in [4.78, 5) is 19.8. The van der Waals surface area contributed by atoms with E-state index in [1.165, 1.54) is 31.7 Å². The van der Waals surface area contributed by atoms with E-state index in [4.69, 9.17) is 0 Å². The molecule has 0 bridgehead atoms. The molecule has 1 aromatic rings. The highest BCUT2D eigenvalue weighted by Crippen LogP contribution is 2.10. The van der Waals surface area contributed by atoms with Crippen molar-refractivity contribution < 1.29 is 0 Å². The molecule has 88 valence electrons. The molecule has 1 fully saturated rings. The summed E-state index contributed by atoms with van der Waals surface area (Å²) < 4.78 is 0. The van der Waals surface area contributed by atoms with Crippen molar-refractivity contribution in [2.45, 2.75) is 25.3 Å². The molecule has 1 atom stereocenters. The van der Waals surface area contributed by atoms with E-state index < -0.39 is 0 Å². The molecule has 0 radical (unpaired) electrons. The summed E-state index contributed by atoms with van der Waals surface area (Å²) in [6.07, 6.45) is 5.20. The van der Waals surface area contributed by atoms with Crippen LogP contribution in [0.25, 0.3) is 0 Å². The number of hydrogen-bond donors (Lipinski definition) is 2. The Hall–Kier alpha value is -1.36. The van der Waals surface area contributed by atoms with Crippen LogP contribution in [0.5, 0.6) is 0 Å². The van der Waals surface area contributed by atoms with Crippen molar-refractivity contribution in [1.29, 1.82) is 0 Å². The molecule has 0 aliphatic carbocycles. The Kier molecular flexibility index (Phi) is 3.56. The minimum atomic E-state index is -0.103. The predicted molar refractivity (Wildman–Crippen MR) is 63.8 cm³/mol. The van der Waals surface area contributed by atoms with E-state index in [1.807, 2.05) is 11.9 Å². The largest absolute Gasteiger partial charge is 0.358 e. The minimum absolute atomic E-state index is 0.103. The third-order valence-corrected chi connectivity index (χ3v) is 2.96. The van der Waals surface area contributed by atoms with Gasteiger partial charge in [-0.05, 0) is 19.4 Å². The average Bonchev–Trinajstić information content (AvgIpc) is 2.30. The van der Waals surface area contributed by atoms with Crippen molar-refractivity contribution in [2.75, 3.05) is 25.0 Å². The third kappa shape index (κ3) is 2.82. The first-order chi connectivity index (χ1) is 7.75. The van der Waals surface area contributed by atoms with Gasteiger partial charge in [-0.3, -0.25) is 4.79 Å². The van der Waals surface area contributed by atoms with Crippen molar-refractivity contribution in [3.8, 4) is 0 Å². The summed E-state index contributed by atoms with van der Waals surface area (Å²) in [6.45, 7) is 2.00. The number of rotatable bonds is 3. The molecule has 0 amide bonds. The summed E-state index contributed by atoms with van der Waals surface area (Å²) in [7, 11) is 1.97. The van der Waals surface area contributed by atoms with Crippen LogP contribution in [-0.4, -0.2) is 36.1 Å². The van der Waals surface area contributed by atoms with Gasteiger partial charge in [-0.25, -0.2) is 4.98 Å². The highest BCUT2D eigenvalue weighted by Gasteiger charge is 2.15. The van der Waals surface area contributed by atoms with Crippen LogP contribution in [0.15, 0.2) is 17.2 Å². The summed E-state index contributed by atoms with van der Waals surface area (Å²) >= 11 is 0. The molecule has 1 unspecified atom stereocenters. The number of hydrogen-bond acceptors (Lipinski definition) is 4. The molecule has 16 heavy (non-hydrogen) atoms. The molecule has 1 aliphatic heterocycles. The van der Waals surface area contributed by atoms with Gasteiger partial charge in [0.15, 0.2) is 0 Å². The Morgan fingerprint density at radius 3 is 3.12 bits per heavy atom. The van der Waals surface area contributed by atoms with Crippen LogP contribution >= 0.6 is 0 Å². The van der Waals surface area contributed by atoms with Crippen LogP contribution < -0.4 is 15.8 Å². The number of aromatic amines is 1. The lowest BCUT2D eigenvalue weighted by Crippen LogP contribution is -2.42. The first-order valence-corrected chi connectivity index (χ1v) is 5.75. The van der Waals surface area contributed by atoms with Crippen LogP contribution in [0.1, 0.15) is 19.3 Å². The second-order valence-electron chi connectivity index (χ2n) is 4.30. The average molecular weight is 222 g/mol. The van der Waals surface area contributed by atoms with E-state index >= 15 is 0 Å². The zero-order chi connectivity index (χ0) is 11.4. The fraction of sp³-hybridized carbons (Fsp3) is 0.636. The molecule has 1 aliphatic rings. The molecule has 2 N–H and O–H groups in total. The SMILES string of the molecule is CN(CC1CCCCN1)c1cc(=O)[nH]cn1. The lowest BCUT2D eigenvalue weighted by atomic mass is 10.0. The van der Waals surface area contributed by atoms with Crippen LogP contribution in [0.4, 0.5) is 5.82 Å². The predicted octanol–water partition coefficient (Wildman–Crippen LogP) is 0.348. The Morgan fingerprint density at radius 1 is 1.56 bits per heavy atom. The van der Waals surface area contributed by atoms with Gasteiger partial charge >= 0.3 is 0 Å². The van der Waals surface area contributed by atoms with E-state index in [1.54, 1.807) is 0 Å². The van der Waals surface area contributed by atoms with Crippen LogP contribution in [-0.2, 0) is 0 Å². The Morgan fingerprint density at radius 2 is 2.44 bits per heavy atom. The van der Waals surface area contributed by atoms with Crippen molar-refractivity contribution >= 4 is 5.82 Å². The maximum absolute atomic E-state index is 11.1. The van der Waals surface area contributed by atoms with E-state index in [2.05, 4.69) is 15.3 Å². The van der Waals surface area contributed by atoms with Crippen LogP contribution in [0.3, 0.4) is 0 Å².